The molecule has 2 heterocycles. The van der Waals surface area contributed by atoms with Crippen molar-refractivity contribution in [1.29, 1.82) is 0 Å². The van der Waals surface area contributed by atoms with E-state index in [1.807, 2.05) is 20.8 Å². The molecule has 22 heavy (non-hydrogen) atoms. The van der Waals surface area contributed by atoms with Crippen LogP contribution in [0.25, 0.3) is 0 Å². The summed E-state index contributed by atoms with van der Waals surface area (Å²) in [4.78, 5) is 30.0. The molecule has 0 saturated heterocycles. The Kier molecular flexibility index (Phi) is 3.16. The van der Waals surface area contributed by atoms with E-state index in [0.29, 0.717) is 0 Å². The Labute approximate surface area is 129 Å². The van der Waals surface area contributed by atoms with Gasteiger partial charge in [0.2, 0.25) is 5.91 Å². The predicted molar refractivity (Wildman–Crippen MR) is 81.5 cm³/mol. The highest BCUT2D eigenvalue weighted by atomic mass is 16.6. The number of carbonyl (C=O) groups excluding carboxylic acids is 2. The minimum atomic E-state index is -0.593. The molecule has 1 saturated carbocycles. The van der Waals surface area contributed by atoms with E-state index in [2.05, 4.69) is 10.3 Å². The van der Waals surface area contributed by atoms with Crippen LogP contribution in [0.5, 0.6) is 0 Å². The van der Waals surface area contributed by atoms with Gasteiger partial charge in [-0.2, -0.15) is 0 Å². The average Bonchev–Trinajstić information content (AvgIpc) is 3.12. The zero-order chi connectivity index (χ0) is 16.1. The smallest absolute Gasteiger partial charge is 0.416 e. The van der Waals surface area contributed by atoms with Gasteiger partial charge in [0, 0.05) is 30.3 Å². The summed E-state index contributed by atoms with van der Waals surface area (Å²) in [5.74, 6) is -0.161. The minimum Gasteiger partial charge on any atom is -0.443 e. The molecular formula is C16H21N3O3. The molecule has 1 aliphatic heterocycles. The lowest BCUT2D eigenvalue weighted by Crippen LogP contribution is -2.53. The van der Waals surface area contributed by atoms with Crippen LogP contribution in [0.2, 0.25) is 0 Å². The highest BCUT2D eigenvalue weighted by Crippen LogP contribution is 2.59. The van der Waals surface area contributed by atoms with Crippen molar-refractivity contribution in [3.8, 4) is 0 Å². The Morgan fingerprint density at radius 2 is 2.09 bits per heavy atom. The van der Waals surface area contributed by atoms with Crippen LogP contribution in [-0.2, 0) is 14.9 Å². The molecular weight excluding hydrogens is 282 g/mol. The summed E-state index contributed by atoms with van der Waals surface area (Å²) in [5.41, 5.74) is 0.983. The summed E-state index contributed by atoms with van der Waals surface area (Å²) in [6.07, 6.45) is 4.46. The van der Waals surface area contributed by atoms with Crippen LogP contribution < -0.4 is 10.2 Å². The Morgan fingerprint density at radius 1 is 1.41 bits per heavy atom. The molecule has 1 aliphatic carbocycles. The zero-order valence-electron chi connectivity index (χ0n) is 13.3. The third-order valence-corrected chi connectivity index (χ3v) is 4.09. The summed E-state index contributed by atoms with van der Waals surface area (Å²) >= 11 is 0. The summed E-state index contributed by atoms with van der Waals surface area (Å²) in [6, 6.07) is 1.81. The molecule has 6 nitrogen and oxygen atoms in total. The molecule has 0 bridgehead atoms. The van der Waals surface area contributed by atoms with Crippen molar-refractivity contribution >= 4 is 17.7 Å². The average molecular weight is 303 g/mol. The SMILES string of the molecule is CC(=O)NC1N(C(=O)OC(C)(C)C)c2ccncc2C12CC2. The van der Waals surface area contributed by atoms with Crippen LogP contribution in [0.4, 0.5) is 10.5 Å². The lowest BCUT2D eigenvalue weighted by atomic mass is 9.97. The van der Waals surface area contributed by atoms with Crippen molar-refractivity contribution in [2.24, 2.45) is 0 Å². The first-order chi connectivity index (χ1) is 10.2. The van der Waals surface area contributed by atoms with Crippen molar-refractivity contribution in [3.05, 3.63) is 24.0 Å². The number of pyridine rings is 1. The van der Waals surface area contributed by atoms with Gasteiger partial charge >= 0.3 is 6.09 Å². The fourth-order valence-electron chi connectivity index (χ4n) is 3.10. The molecule has 1 atom stereocenters. The van der Waals surface area contributed by atoms with Gasteiger partial charge in [-0.25, -0.2) is 4.79 Å². The monoisotopic (exact) mass is 303 g/mol. The number of ether oxygens (including phenoxy) is 1. The maximum absolute atomic E-state index is 12.7. The normalized spacial score (nSPS) is 21.5. The predicted octanol–water partition coefficient (Wildman–Crippen LogP) is 2.33. The topological polar surface area (TPSA) is 71.5 Å². The molecule has 1 N–H and O–H groups in total. The quantitative estimate of drug-likeness (QED) is 0.864. The third kappa shape index (κ3) is 2.32. The number of amides is 2. The molecule has 6 heteroatoms. The van der Waals surface area contributed by atoms with Crippen LogP contribution in [-0.4, -0.2) is 28.8 Å². The number of rotatable bonds is 1. The van der Waals surface area contributed by atoms with Gasteiger partial charge in [0.1, 0.15) is 11.8 Å². The first-order valence-corrected chi connectivity index (χ1v) is 7.48. The van der Waals surface area contributed by atoms with Gasteiger partial charge in [-0.15, -0.1) is 0 Å². The minimum absolute atomic E-state index is 0.161. The van der Waals surface area contributed by atoms with E-state index in [1.54, 1.807) is 23.4 Å². The second-order valence-electron chi connectivity index (χ2n) is 7.00. The number of carbonyl (C=O) groups is 2. The van der Waals surface area contributed by atoms with Crippen molar-refractivity contribution < 1.29 is 14.3 Å². The number of aromatic nitrogens is 1. The van der Waals surface area contributed by atoms with Crippen molar-refractivity contribution in [3.63, 3.8) is 0 Å². The van der Waals surface area contributed by atoms with Crippen LogP contribution in [0.3, 0.4) is 0 Å². The highest BCUT2D eigenvalue weighted by molar-refractivity contribution is 5.94. The van der Waals surface area contributed by atoms with Gasteiger partial charge in [0.05, 0.1) is 5.69 Å². The molecule has 0 radical (unpaired) electrons. The second-order valence-corrected chi connectivity index (χ2v) is 7.00. The van der Waals surface area contributed by atoms with Crippen molar-refractivity contribution in [1.82, 2.24) is 10.3 Å². The molecule has 3 rings (SSSR count). The number of hydrogen-bond donors (Lipinski definition) is 1. The lowest BCUT2D eigenvalue weighted by Gasteiger charge is -2.31. The third-order valence-electron chi connectivity index (χ3n) is 4.09. The van der Waals surface area contributed by atoms with Crippen molar-refractivity contribution in [2.45, 2.75) is 57.7 Å². The first-order valence-electron chi connectivity index (χ1n) is 7.48. The number of hydrogen-bond acceptors (Lipinski definition) is 4. The number of nitrogens with zero attached hydrogens (tertiary/aromatic N) is 2. The number of anilines is 1. The maximum Gasteiger partial charge on any atom is 0.416 e. The Hall–Kier alpha value is -2.11. The number of nitrogens with one attached hydrogen (secondary N) is 1. The summed E-state index contributed by atoms with van der Waals surface area (Å²) in [7, 11) is 0. The van der Waals surface area contributed by atoms with Gasteiger partial charge in [-0.1, -0.05) is 0 Å². The molecule has 1 spiro atoms. The van der Waals surface area contributed by atoms with Gasteiger partial charge in [0.15, 0.2) is 0 Å². The summed E-state index contributed by atoms with van der Waals surface area (Å²) < 4.78 is 5.53. The molecule has 1 aromatic heterocycles. The van der Waals surface area contributed by atoms with Gasteiger partial charge < -0.3 is 10.1 Å². The van der Waals surface area contributed by atoms with Crippen LogP contribution in [0.15, 0.2) is 18.5 Å². The zero-order valence-corrected chi connectivity index (χ0v) is 13.3. The van der Waals surface area contributed by atoms with E-state index in [1.165, 1.54) is 6.92 Å². The molecule has 1 unspecified atom stereocenters. The molecule has 0 aromatic carbocycles. The summed E-state index contributed by atoms with van der Waals surface area (Å²) in [5, 5.41) is 2.92. The summed E-state index contributed by atoms with van der Waals surface area (Å²) in [6.45, 7) is 6.95. The fourth-order valence-corrected chi connectivity index (χ4v) is 3.10. The maximum atomic E-state index is 12.7. The number of fused-ring (bicyclic) bond motifs is 2. The van der Waals surface area contributed by atoms with E-state index >= 15 is 0 Å². The first kappa shape index (κ1) is 14.8. The van der Waals surface area contributed by atoms with Gasteiger partial charge in [0.25, 0.3) is 0 Å². The van der Waals surface area contributed by atoms with E-state index in [9.17, 15) is 9.59 Å². The molecule has 118 valence electrons. The van der Waals surface area contributed by atoms with E-state index in [0.717, 1.165) is 24.1 Å². The fraction of sp³-hybridized carbons (Fsp3) is 0.562. The Bertz CT molecular complexity index is 632. The van der Waals surface area contributed by atoms with E-state index < -0.39 is 17.9 Å². The van der Waals surface area contributed by atoms with E-state index in [4.69, 9.17) is 4.74 Å². The molecule has 2 amide bonds. The molecule has 2 aliphatic rings. The largest absolute Gasteiger partial charge is 0.443 e. The van der Waals surface area contributed by atoms with Crippen molar-refractivity contribution in [2.75, 3.05) is 4.90 Å². The lowest BCUT2D eigenvalue weighted by molar-refractivity contribution is -0.119. The highest BCUT2D eigenvalue weighted by Gasteiger charge is 2.61. The van der Waals surface area contributed by atoms with Crippen LogP contribution >= 0.6 is 0 Å². The second kappa shape index (κ2) is 4.69. The molecule has 1 aromatic rings. The van der Waals surface area contributed by atoms with E-state index in [-0.39, 0.29) is 11.3 Å². The Morgan fingerprint density at radius 3 is 2.64 bits per heavy atom. The Balaban J connectivity index is 2.01. The van der Waals surface area contributed by atoms with Gasteiger partial charge in [-0.3, -0.25) is 14.7 Å². The van der Waals surface area contributed by atoms with Gasteiger partial charge in [-0.05, 0) is 39.7 Å². The van der Waals surface area contributed by atoms with Crippen LogP contribution in [0.1, 0.15) is 46.1 Å². The van der Waals surface area contributed by atoms with Crippen LogP contribution in [0, 0.1) is 0 Å². The standard InChI is InChI=1S/C16H21N3O3/c1-10(20)18-13-16(6-7-16)11-9-17-8-5-12(11)19(13)14(21)22-15(2,3)4/h5,8-9,13H,6-7H2,1-4H3,(H,18,20). The molecule has 1 fully saturated rings.